The number of hydrogen-bond acceptors (Lipinski definition) is 20. The van der Waals surface area contributed by atoms with E-state index in [1.165, 1.54) is 10.9 Å². The second kappa shape index (κ2) is 20.0. The number of aromatic amines is 1. The van der Waals surface area contributed by atoms with Crippen LogP contribution >= 0.6 is 15.3 Å². The SMILES string of the molecule is CC(C)C(=O)Nc1nc2c(ncn2[C@@H]2O[C@@H]3COP(=S)(OCCC#N)O[C@H]4[C@H](F)[C@H](n5nnc6c(NC(=O)c7ccccc7)ncnc65)O[C@@H]4COP(O)O[C@H]2[C@@H]3O[Si](C)(C)C(C)(C)C)c(=O)[nH]1. The van der Waals surface area contributed by atoms with Crippen LogP contribution in [-0.4, -0.2) is 126 Å². The molecule has 4 aromatic heterocycles. The van der Waals surface area contributed by atoms with Crippen molar-refractivity contribution >= 4 is 81.4 Å². The lowest BCUT2D eigenvalue weighted by Crippen LogP contribution is -2.50. The summed E-state index contributed by atoms with van der Waals surface area (Å²) in [7, 11) is -5.63. The van der Waals surface area contributed by atoms with E-state index in [0.29, 0.717) is 5.56 Å². The molecule has 29 heteroatoms. The number of amides is 2. The third-order valence-electron chi connectivity index (χ3n) is 11.7. The molecular formula is C39H49FN12O12P2SSi. The van der Waals surface area contributed by atoms with Crippen LogP contribution in [0.25, 0.3) is 22.3 Å². The molecule has 68 heavy (non-hydrogen) atoms. The summed E-state index contributed by atoms with van der Waals surface area (Å²) in [6.45, 7) is 8.12. The number of anilines is 2. The first kappa shape index (κ1) is 49.8. The van der Waals surface area contributed by atoms with Gasteiger partial charge in [-0.3, -0.25) is 33.8 Å². The van der Waals surface area contributed by atoms with Crippen LogP contribution in [0.5, 0.6) is 0 Å². The first-order valence-corrected chi connectivity index (χ1v) is 27.9. The molecule has 5 aromatic rings. The van der Waals surface area contributed by atoms with Gasteiger partial charge in [0, 0.05) is 11.5 Å². The molecule has 7 heterocycles. The fourth-order valence-corrected chi connectivity index (χ4v) is 11.3. The third kappa shape index (κ3) is 10.3. The van der Waals surface area contributed by atoms with Crippen LogP contribution in [0.4, 0.5) is 16.2 Å². The van der Waals surface area contributed by atoms with Gasteiger partial charge in [0.1, 0.15) is 36.8 Å². The van der Waals surface area contributed by atoms with Gasteiger partial charge in [-0.1, -0.05) is 58.0 Å². The number of alkyl halides is 1. The smallest absolute Gasteiger partial charge is 0.330 e. The van der Waals surface area contributed by atoms with Crippen LogP contribution in [0.2, 0.25) is 18.1 Å². The van der Waals surface area contributed by atoms with E-state index in [9.17, 15) is 24.5 Å². The summed E-state index contributed by atoms with van der Waals surface area (Å²) in [4.78, 5) is 70.3. The van der Waals surface area contributed by atoms with Gasteiger partial charge in [-0.05, 0) is 42.1 Å². The number of halogens is 1. The highest BCUT2D eigenvalue weighted by Crippen LogP contribution is 2.56. The molecular weight excluding hydrogens is 970 g/mol. The monoisotopic (exact) mass is 1020 g/mol. The van der Waals surface area contributed by atoms with Crippen molar-refractivity contribution in [2.45, 2.75) is 108 Å². The summed E-state index contributed by atoms with van der Waals surface area (Å²) in [6, 6.07) is 10.4. The first-order chi connectivity index (χ1) is 32.3. The van der Waals surface area contributed by atoms with E-state index in [0.717, 1.165) is 11.0 Å². The van der Waals surface area contributed by atoms with Gasteiger partial charge in [-0.2, -0.15) is 14.9 Å². The van der Waals surface area contributed by atoms with Gasteiger partial charge in [0.15, 0.2) is 55.1 Å². The molecule has 1 aromatic carbocycles. The van der Waals surface area contributed by atoms with E-state index in [1.807, 2.05) is 39.9 Å². The summed E-state index contributed by atoms with van der Waals surface area (Å²) < 4.78 is 70.3. The van der Waals surface area contributed by atoms with Crippen LogP contribution < -0.4 is 16.2 Å². The van der Waals surface area contributed by atoms with Crippen molar-refractivity contribution in [3.63, 3.8) is 0 Å². The molecule has 2 amide bonds. The van der Waals surface area contributed by atoms with E-state index in [4.69, 9.17) is 48.3 Å². The van der Waals surface area contributed by atoms with Crippen molar-refractivity contribution in [3.05, 3.63) is 58.9 Å². The Balaban J connectivity index is 1.14. The second-order valence-electron chi connectivity index (χ2n) is 17.7. The molecule has 4 N–H and O–H groups in total. The maximum atomic E-state index is 17.1. The Morgan fingerprint density at radius 1 is 1.09 bits per heavy atom. The predicted molar refractivity (Wildman–Crippen MR) is 245 cm³/mol. The number of aromatic nitrogens is 9. The third-order valence-corrected chi connectivity index (χ3v) is 19.3. The molecule has 3 saturated heterocycles. The molecule has 8 rings (SSSR count). The summed E-state index contributed by atoms with van der Waals surface area (Å²) in [5.41, 5.74) is -0.395. The number of benzene rings is 1. The largest absolute Gasteiger partial charge is 0.408 e. The highest BCUT2D eigenvalue weighted by atomic mass is 32.5. The Labute approximate surface area is 394 Å². The Morgan fingerprint density at radius 2 is 1.84 bits per heavy atom. The molecule has 364 valence electrons. The topological polar surface area (TPSA) is 296 Å². The zero-order chi connectivity index (χ0) is 48.7. The zero-order valence-electron chi connectivity index (χ0n) is 37.7. The van der Waals surface area contributed by atoms with Gasteiger partial charge in [-0.15, -0.1) is 5.10 Å². The van der Waals surface area contributed by atoms with E-state index < -0.39 is 109 Å². The highest BCUT2D eigenvalue weighted by Gasteiger charge is 2.56. The molecule has 3 aliphatic rings. The maximum Gasteiger partial charge on any atom is 0.330 e. The number of nitrogens with one attached hydrogen (secondary N) is 3. The highest BCUT2D eigenvalue weighted by molar-refractivity contribution is 8.07. The summed E-state index contributed by atoms with van der Waals surface area (Å²) >= 11 is 5.93. The van der Waals surface area contributed by atoms with Crippen LogP contribution in [0, 0.1) is 17.2 Å². The number of fused-ring (bicyclic) bond motifs is 5. The summed E-state index contributed by atoms with van der Waals surface area (Å²) in [6.07, 6.45) is -8.94. The summed E-state index contributed by atoms with van der Waals surface area (Å²) in [5.74, 6) is -1.48. The molecule has 3 fully saturated rings. The first-order valence-electron chi connectivity index (χ1n) is 21.3. The number of carbonyl (C=O) groups is 2. The number of H-pyrrole nitrogens is 1. The Kier molecular flexibility index (Phi) is 14.6. The van der Waals surface area contributed by atoms with Gasteiger partial charge in [-0.25, -0.2) is 19.3 Å². The number of hydrogen-bond donors (Lipinski definition) is 4. The van der Waals surface area contributed by atoms with Gasteiger partial charge in [0.2, 0.25) is 11.9 Å². The quantitative estimate of drug-likeness (QED) is 0.0776. The Bertz CT molecular complexity index is 2810. The van der Waals surface area contributed by atoms with Crippen molar-refractivity contribution < 1.29 is 55.4 Å². The number of imidazole rings is 1. The minimum absolute atomic E-state index is 0.000822. The average molecular weight is 1020 g/mol. The predicted octanol–water partition coefficient (Wildman–Crippen LogP) is 4.92. The molecule has 0 saturated carbocycles. The van der Waals surface area contributed by atoms with Crippen molar-refractivity contribution in [3.8, 4) is 6.07 Å². The van der Waals surface area contributed by atoms with Gasteiger partial charge < -0.3 is 42.2 Å². The lowest BCUT2D eigenvalue weighted by molar-refractivity contribution is -0.118. The molecule has 24 nitrogen and oxygen atoms in total. The molecule has 2 bridgehead atoms. The molecule has 10 atom stereocenters. The standard InChI is InChI=1S/C39H49FN12O12P2SSi/c1-20(2)33(53)47-38-46-32-26(35(55)48-38)44-19-51(32)37-29-28(64-68(6,7)39(3,4)5)23(61-37)17-59-66(67,58-15-11-14-41)63-27-22(16-57-65(56)62-29)60-36(24(27)40)52-31-25(49-50-52)30(42-18-43-31)45-34(54)21-12-9-8-10-13-21/h8-10,12-13,18-20,22-24,27-29,36-37,56H,11,15-17H2,1-7H3,(H,42,43,45,54)(H2,46,47,48,53,55)/t22-,23-,24+,27-,28-,29+,36-,37-,65?,66?/m1/s1. The van der Waals surface area contributed by atoms with Gasteiger partial charge >= 0.3 is 15.3 Å². The van der Waals surface area contributed by atoms with Crippen LogP contribution in [-0.2, 0) is 53.1 Å². The number of ether oxygens (including phenoxy) is 2. The fraction of sp³-hybridized carbons (Fsp3) is 0.538. The zero-order valence-corrected chi connectivity index (χ0v) is 41.3. The molecule has 0 radical (unpaired) electrons. The van der Waals surface area contributed by atoms with Crippen molar-refractivity contribution in [1.82, 2.24) is 44.5 Å². The van der Waals surface area contributed by atoms with Gasteiger partial charge in [0.25, 0.3) is 11.5 Å². The second-order valence-corrected chi connectivity index (χ2v) is 26.4. The molecule has 0 spiro atoms. The average Bonchev–Trinajstić information content (AvgIpc) is 4.06. The minimum atomic E-state index is -4.08. The van der Waals surface area contributed by atoms with Crippen molar-refractivity contribution in [2.24, 2.45) is 5.92 Å². The lowest BCUT2D eigenvalue weighted by atomic mass is 10.1. The number of nitrogens with zero attached hydrogens (tertiary/aromatic N) is 9. The summed E-state index contributed by atoms with van der Waals surface area (Å²) in [5, 5.41) is 22.6. The Hall–Kier alpha value is -4.65. The minimum Gasteiger partial charge on any atom is -0.408 e. The Morgan fingerprint density at radius 3 is 2.56 bits per heavy atom. The molecule has 2 unspecified atom stereocenters. The van der Waals surface area contributed by atoms with Crippen LogP contribution in [0.3, 0.4) is 0 Å². The van der Waals surface area contributed by atoms with Crippen LogP contribution in [0.15, 0.2) is 47.8 Å². The normalized spacial score (nSPS) is 28.1. The number of nitriles is 1. The van der Waals surface area contributed by atoms with E-state index in [1.54, 1.807) is 44.2 Å². The van der Waals surface area contributed by atoms with Crippen molar-refractivity contribution in [1.29, 1.82) is 5.26 Å². The van der Waals surface area contributed by atoms with Gasteiger partial charge in [0.05, 0.1) is 38.6 Å². The van der Waals surface area contributed by atoms with E-state index in [-0.39, 0.29) is 52.2 Å². The lowest BCUT2D eigenvalue weighted by Gasteiger charge is -2.40. The van der Waals surface area contributed by atoms with Crippen LogP contribution in [0.1, 0.15) is 63.9 Å². The van der Waals surface area contributed by atoms with E-state index in [2.05, 4.69) is 45.9 Å². The number of carbonyl (C=O) groups excluding carboxylic acids is 2. The van der Waals surface area contributed by atoms with Crippen molar-refractivity contribution in [2.75, 3.05) is 30.5 Å². The number of rotatable bonds is 11. The van der Waals surface area contributed by atoms with E-state index >= 15 is 4.39 Å². The maximum absolute atomic E-state index is 17.1. The molecule has 3 aliphatic heterocycles. The molecule has 0 aliphatic carbocycles. The fourth-order valence-electron chi connectivity index (χ4n) is 7.11.